The van der Waals surface area contributed by atoms with Gasteiger partial charge in [-0.2, -0.15) is 5.10 Å². The van der Waals surface area contributed by atoms with Crippen molar-refractivity contribution in [1.82, 2.24) is 19.7 Å². The largest absolute Gasteiger partial charge is 0.496 e. The molecule has 1 saturated carbocycles. The van der Waals surface area contributed by atoms with Crippen LogP contribution in [0.3, 0.4) is 0 Å². The van der Waals surface area contributed by atoms with E-state index in [1.54, 1.807) is 24.2 Å². The van der Waals surface area contributed by atoms with E-state index in [1.807, 2.05) is 45.0 Å². The third-order valence-electron chi connectivity index (χ3n) is 5.55. The number of aromatic nitrogens is 4. The van der Waals surface area contributed by atoms with Crippen molar-refractivity contribution in [3.63, 3.8) is 0 Å². The molecule has 144 valence electrons. The second kappa shape index (κ2) is 6.74. The van der Waals surface area contributed by atoms with Gasteiger partial charge in [0.2, 0.25) is 5.91 Å². The highest BCUT2D eigenvalue weighted by Crippen LogP contribution is 2.51. The molecule has 28 heavy (non-hydrogen) atoms. The Morgan fingerprint density at radius 1 is 1.14 bits per heavy atom. The Morgan fingerprint density at radius 2 is 1.82 bits per heavy atom. The first-order valence-corrected chi connectivity index (χ1v) is 9.26. The first-order chi connectivity index (χ1) is 13.5. The lowest BCUT2D eigenvalue weighted by atomic mass is 9.94. The van der Waals surface area contributed by atoms with E-state index in [0.29, 0.717) is 11.6 Å². The van der Waals surface area contributed by atoms with E-state index in [9.17, 15) is 4.79 Å². The number of amides is 1. The van der Waals surface area contributed by atoms with Gasteiger partial charge in [0.25, 0.3) is 5.95 Å². The number of benzene rings is 1. The Morgan fingerprint density at radius 3 is 2.39 bits per heavy atom. The van der Waals surface area contributed by atoms with E-state index in [0.717, 1.165) is 41.1 Å². The maximum Gasteiger partial charge on any atom is 0.250 e. The molecule has 0 bridgehead atoms. The molecule has 0 atom stereocenters. The summed E-state index contributed by atoms with van der Waals surface area (Å²) in [5.41, 5.74) is 4.01. The maximum atomic E-state index is 13.0. The number of nitrogens with one attached hydrogen (secondary N) is 1. The molecule has 3 aromatic rings. The smallest absolute Gasteiger partial charge is 0.250 e. The number of para-hydroxylation sites is 1. The van der Waals surface area contributed by atoms with Crippen LogP contribution in [0, 0.1) is 20.8 Å². The third-order valence-corrected chi connectivity index (χ3v) is 5.55. The number of ether oxygens (including phenoxy) is 1. The minimum Gasteiger partial charge on any atom is -0.496 e. The molecule has 1 amide bonds. The molecule has 1 fully saturated rings. The lowest BCUT2D eigenvalue weighted by Gasteiger charge is -2.18. The highest BCUT2D eigenvalue weighted by molar-refractivity contribution is 6.01. The van der Waals surface area contributed by atoms with Gasteiger partial charge in [0.05, 0.1) is 36.3 Å². The Kier molecular flexibility index (Phi) is 4.37. The first-order valence-electron chi connectivity index (χ1n) is 9.26. The number of nitrogens with zero attached hydrogens (tertiary/aromatic N) is 4. The Bertz CT molecular complexity index is 1040. The van der Waals surface area contributed by atoms with Crippen LogP contribution in [0.2, 0.25) is 0 Å². The second-order valence-corrected chi connectivity index (χ2v) is 7.22. The van der Waals surface area contributed by atoms with Gasteiger partial charge in [-0.05, 0) is 45.2 Å². The van der Waals surface area contributed by atoms with Crippen molar-refractivity contribution in [3.05, 3.63) is 59.2 Å². The van der Waals surface area contributed by atoms with Crippen molar-refractivity contribution < 1.29 is 9.53 Å². The lowest BCUT2D eigenvalue weighted by Crippen LogP contribution is -2.28. The summed E-state index contributed by atoms with van der Waals surface area (Å²) in [5, 5.41) is 7.42. The highest BCUT2D eigenvalue weighted by atomic mass is 16.5. The van der Waals surface area contributed by atoms with Crippen LogP contribution in [0.1, 0.15) is 35.4 Å². The summed E-state index contributed by atoms with van der Waals surface area (Å²) < 4.78 is 7.16. The summed E-state index contributed by atoms with van der Waals surface area (Å²) >= 11 is 0. The fourth-order valence-electron chi connectivity index (χ4n) is 3.44. The number of anilines is 1. The molecule has 0 aliphatic heterocycles. The van der Waals surface area contributed by atoms with Gasteiger partial charge in [-0.1, -0.05) is 18.2 Å². The predicted octanol–water partition coefficient (Wildman–Crippen LogP) is 3.27. The number of rotatable bonds is 5. The van der Waals surface area contributed by atoms with Crippen molar-refractivity contribution in [1.29, 1.82) is 0 Å². The van der Waals surface area contributed by atoms with Crippen LogP contribution < -0.4 is 10.1 Å². The molecular formula is C21H23N5O2. The van der Waals surface area contributed by atoms with Crippen molar-refractivity contribution in [2.75, 3.05) is 12.4 Å². The number of hydrogen-bond acceptors (Lipinski definition) is 5. The Hall–Kier alpha value is -3.22. The van der Waals surface area contributed by atoms with Crippen LogP contribution in [-0.2, 0) is 10.2 Å². The van der Waals surface area contributed by atoms with Crippen molar-refractivity contribution in [2.24, 2.45) is 0 Å². The first kappa shape index (κ1) is 18.2. The quantitative estimate of drug-likeness (QED) is 0.738. The molecule has 1 aromatic carbocycles. The Labute approximate surface area is 163 Å². The number of methoxy groups -OCH3 is 1. The minimum atomic E-state index is -0.544. The van der Waals surface area contributed by atoms with Crippen LogP contribution in [0.5, 0.6) is 5.75 Å². The molecular weight excluding hydrogens is 354 g/mol. The zero-order valence-electron chi connectivity index (χ0n) is 16.5. The number of aryl methyl sites for hydroxylation is 1. The van der Waals surface area contributed by atoms with E-state index in [4.69, 9.17) is 4.74 Å². The van der Waals surface area contributed by atoms with Crippen LogP contribution in [-0.4, -0.2) is 32.8 Å². The summed E-state index contributed by atoms with van der Waals surface area (Å²) in [7, 11) is 1.63. The number of hydrogen-bond donors (Lipinski definition) is 1. The van der Waals surface area contributed by atoms with Gasteiger partial charge in [-0.25, -0.2) is 14.6 Å². The molecule has 0 radical (unpaired) electrons. The fourth-order valence-corrected chi connectivity index (χ4v) is 3.44. The van der Waals surface area contributed by atoms with E-state index in [1.165, 1.54) is 0 Å². The van der Waals surface area contributed by atoms with E-state index < -0.39 is 5.41 Å². The third kappa shape index (κ3) is 2.93. The van der Waals surface area contributed by atoms with Crippen LogP contribution >= 0.6 is 0 Å². The molecule has 1 aliphatic carbocycles. The summed E-state index contributed by atoms with van der Waals surface area (Å²) in [6, 6.07) is 7.68. The average molecular weight is 377 g/mol. The van der Waals surface area contributed by atoms with Crippen LogP contribution in [0.25, 0.3) is 5.95 Å². The Balaban J connectivity index is 1.55. The van der Waals surface area contributed by atoms with Crippen LogP contribution in [0.4, 0.5) is 5.69 Å². The zero-order chi connectivity index (χ0) is 19.9. The summed E-state index contributed by atoms with van der Waals surface area (Å²) in [4.78, 5) is 21.7. The molecule has 2 heterocycles. The normalized spacial score (nSPS) is 14.6. The SMILES string of the molecule is COc1ccccc1C1(C(=O)Nc2cnc(-n3nc(C)c(C)c3C)nc2)CC1. The molecule has 0 unspecified atom stereocenters. The zero-order valence-corrected chi connectivity index (χ0v) is 16.5. The monoisotopic (exact) mass is 377 g/mol. The molecule has 0 saturated heterocycles. The van der Waals surface area contributed by atoms with E-state index in [-0.39, 0.29) is 5.91 Å². The average Bonchev–Trinajstić information content (AvgIpc) is 3.49. The minimum absolute atomic E-state index is 0.0599. The van der Waals surface area contributed by atoms with Gasteiger partial charge in [-0.3, -0.25) is 4.79 Å². The fraction of sp³-hybridized carbons (Fsp3) is 0.333. The summed E-state index contributed by atoms with van der Waals surface area (Å²) in [5.74, 6) is 1.16. The molecule has 1 aliphatic rings. The van der Waals surface area contributed by atoms with Gasteiger partial charge in [0.15, 0.2) is 0 Å². The van der Waals surface area contributed by atoms with Gasteiger partial charge >= 0.3 is 0 Å². The maximum absolute atomic E-state index is 13.0. The van der Waals surface area contributed by atoms with Crippen molar-refractivity contribution in [2.45, 2.75) is 39.0 Å². The molecule has 1 N–H and O–H groups in total. The van der Waals surface area contributed by atoms with Gasteiger partial charge in [0, 0.05) is 11.3 Å². The van der Waals surface area contributed by atoms with Gasteiger partial charge in [-0.15, -0.1) is 0 Å². The van der Waals surface area contributed by atoms with Crippen molar-refractivity contribution in [3.8, 4) is 11.7 Å². The molecule has 0 spiro atoms. The highest BCUT2D eigenvalue weighted by Gasteiger charge is 2.52. The second-order valence-electron chi connectivity index (χ2n) is 7.22. The molecule has 4 rings (SSSR count). The van der Waals surface area contributed by atoms with Crippen molar-refractivity contribution >= 4 is 11.6 Å². The summed E-state index contributed by atoms with van der Waals surface area (Å²) in [6.07, 6.45) is 4.82. The standard InChI is InChI=1S/C21H23N5O2/c1-13-14(2)25-26(15(13)3)20-22-11-16(12-23-20)24-19(27)21(9-10-21)17-7-5-6-8-18(17)28-4/h5-8,11-12H,9-10H2,1-4H3,(H,24,27). The molecule has 2 aromatic heterocycles. The lowest BCUT2D eigenvalue weighted by molar-refractivity contribution is -0.118. The van der Waals surface area contributed by atoms with E-state index >= 15 is 0 Å². The van der Waals surface area contributed by atoms with Gasteiger partial charge in [0.1, 0.15) is 5.75 Å². The number of carbonyl (C=O) groups excluding carboxylic acids is 1. The van der Waals surface area contributed by atoms with Crippen LogP contribution in [0.15, 0.2) is 36.7 Å². The predicted molar refractivity (Wildman–Crippen MR) is 106 cm³/mol. The van der Waals surface area contributed by atoms with Gasteiger partial charge < -0.3 is 10.1 Å². The summed E-state index contributed by atoms with van der Waals surface area (Å²) in [6.45, 7) is 5.97. The topological polar surface area (TPSA) is 81.9 Å². The van der Waals surface area contributed by atoms with E-state index in [2.05, 4.69) is 20.4 Å². The molecule has 7 nitrogen and oxygen atoms in total. The molecule has 7 heteroatoms. The number of carbonyl (C=O) groups is 1.